The van der Waals surface area contributed by atoms with Crippen molar-refractivity contribution in [2.75, 3.05) is 33.4 Å². The first kappa shape index (κ1) is 21.6. The first-order chi connectivity index (χ1) is 11.3. The largest absolute Gasteiger partial charge is 0.377 e. The number of ether oxygens (including phenoxy) is 4. The third-order valence-electron chi connectivity index (χ3n) is 3.86. The highest BCUT2D eigenvalue weighted by atomic mass is 16.5. The number of hydrogen-bond donors (Lipinski definition) is 1. The molecule has 0 spiro atoms. The molecule has 0 fully saturated rings. The number of rotatable bonds is 12. The minimum absolute atomic E-state index is 0.155. The van der Waals surface area contributed by atoms with E-state index in [1.807, 2.05) is 0 Å². The molecule has 0 saturated carbocycles. The summed E-state index contributed by atoms with van der Waals surface area (Å²) in [5.74, 6) is 0. The number of nitrogens with one attached hydrogen (secondary N) is 1. The molecule has 0 aromatic rings. The van der Waals surface area contributed by atoms with Crippen LogP contribution in [0.3, 0.4) is 0 Å². The number of methoxy groups -OCH3 is 1. The molecule has 0 heterocycles. The molecule has 0 aromatic carbocycles. The molecule has 3 atom stereocenters. The average Bonchev–Trinajstić information content (AvgIpc) is 2.50. The predicted octanol–water partition coefficient (Wildman–Crippen LogP) is 2.93. The fourth-order valence-electron chi connectivity index (χ4n) is 2.79. The molecule has 1 N–H and O–H groups in total. The Balaban J connectivity index is 2.11. The Morgan fingerprint density at radius 1 is 1.12 bits per heavy atom. The van der Waals surface area contributed by atoms with Crippen LogP contribution in [0.25, 0.3) is 0 Å². The molecule has 24 heavy (non-hydrogen) atoms. The summed E-state index contributed by atoms with van der Waals surface area (Å²) in [6, 6.07) is 0. The smallest absolute Gasteiger partial charge is 0.0867 e. The molecule has 0 radical (unpaired) electrons. The van der Waals surface area contributed by atoms with Gasteiger partial charge in [-0.05, 0) is 47.5 Å². The molecule has 1 aliphatic rings. The molecule has 5 heteroatoms. The van der Waals surface area contributed by atoms with Gasteiger partial charge in [0, 0.05) is 20.2 Å². The minimum Gasteiger partial charge on any atom is -0.377 e. The first-order valence-corrected chi connectivity index (χ1v) is 9.15. The molecule has 1 aliphatic carbocycles. The van der Waals surface area contributed by atoms with Crippen molar-refractivity contribution in [2.24, 2.45) is 0 Å². The minimum atomic E-state index is -0.289. The maximum absolute atomic E-state index is 6.15. The van der Waals surface area contributed by atoms with Crippen LogP contribution in [0.5, 0.6) is 0 Å². The van der Waals surface area contributed by atoms with Crippen LogP contribution >= 0.6 is 0 Å². The van der Waals surface area contributed by atoms with Gasteiger partial charge in [0.1, 0.15) is 0 Å². The van der Waals surface area contributed by atoms with Gasteiger partial charge in [0.2, 0.25) is 0 Å². The zero-order valence-electron chi connectivity index (χ0n) is 16.3. The van der Waals surface area contributed by atoms with Crippen molar-refractivity contribution in [1.82, 2.24) is 5.32 Å². The van der Waals surface area contributed by atoms with Crippen LogP contribution in [0.1, 0.15) is 47.5 Å². The van der Waals surface area contributed by atoms with Crippen molar-refractivity contribution in [3.05, 3.63) is 12.2 Å². The van der Waals surface area contributed by atoms with Crippen molar-refractivity contribution in [3.63, 3.8) is 0 Å². The summed E-state index contributed by atoms with van der Waals surface area (Å²) in [5.41, 5.74) is -0.289. The molecule has 0 aliphatic heterocycles. The summed E-state index contributed by atoms with van der Waals surface area (Å²) in [7, 11) is 1.75. The van der Waals surface area contributed by atoms with E-state index in [4.69, 9.17) is 18.9 Å². The summed E-state index contributed by atoms with van der Waals surface area (Å²) in [5, 5.41) is 3.35. The second-order valence-electron chi connectivity index (χ2n) is 7.40. The van der Waals surface area contributed by atoms with E-state index in [-0.39, 0.29) is 30.0 Å². The van der Waals surface area contributed by atoms with Gasteiger partial charge in [0.25, 0.3) is 0 Å². The van der Waals surface area contributed by atoms with E-state index in [2.05, 4.69) is 52.1 Å². The lowest BCUT2D eigenvalue weighted by molar-refractivity contribution is -0.103. The van der Waals surface area contributed by atoms with Crippen LogP contribution in [-0.2, 0) is 18.9 Å². The van der Waals surface area contributed by atoms with Crippen LogP contribution in [0.15, 0.2) is 12.2 Å². The van der Waals surface area contributed by atoms with Crippen LogP contribution in [0.4, 0.5) is 0 Å². The summed E-state index contributed by atoms with van der Waals surface area (Å²) in [6.45, 7) is 13.3. The van der Waals surface area contributed by atoms with Gasteiger partial charge in [-0.2, -0.15) is 0 Å². The Bertz CT molecular complexity index is 357. The van der Waals surface area contributed by atoms with Crippen LogP contribution in [-0.4, -0.2) is 63.4 Å². The zero-order valence-corrected chi connectivity index (χ0v) is 16.3. The van der Waals surface area contributed by atoms with E-state index >= 15 is 0 Å². The van der Waals surface area contributed by atoms with Crippen molar-refractivity contribution in [1.29, 1.82) is 0 Å². The molecular formula is C19H37NO4. The van der Waals surface area contributed by atoms with Crippen LogP contribution in [0, 0.1) is 0 Å². The normalized spacial score (nSPS) is 23.0. The highest BCUT2D eigenvalue weighted by molar-refractivity contribution is 5.01. The van der Waals surface area contributed by atoms with Gasteiger partial charge >= 0.3 is 0 Å². The topological polar surface area (TPSA) is 49.0 Å². The fourth-order valence-corrected chi connectivity index (χ4v) is 2.79. The SMILES string of the molecule is COC1C=CC(OC(C)(C)COCCNCC(C)OC(C)C)CC1. The molecule has 0 saturated heterocycles. The molecule has 142 valence electrons. The molecule has 5 nitrogen and oxygen atoms in total. The standard InChI is InChI=1S/C19H37NO4/c1-15(2)23-16(3)13-20-11-12-22-14-19(4,5)24-18-9-7-17(21-6)8-10-18/h7,9,15-18,20H,8,10-14H2,1-6H3. The molecule has 0 bridgehead atoms. The van der Waals surface area contributed by atoms with Gasteiger partial charge < -0.3 is 24.3 Å². The first-order valence-electron chi connectivity index (χ1n) is 9.15. The van der Waals surface area contributed by atoms with Gasteiger partial charge in [-0.15, -0.1) is 0 Å². The second-order valence-corrected chi connectivity index (χ2v) is 7.40. The quantitative estimate of drug-likeness (QED) is 0.436. The third kappa shape index (κ3) is 9.74. The summed E-state index contributed by atoms with van der Waals surface area (Å²) >= 11 is 0. The Kier molecular flexibility index (Phi) is 10.1. The van der Waals surface area contributed by atoms with E-state index in [1.165, 1.54) is 0 Å². The van der Waals surface area contributed by atoms with E-state index < -0.39 is 0 Å². The highest BCUT2D eigenvalue weighted by Gasteiger charge is 2.25. The maximum Gasteiger partial charge on any atom is 0.0867 e. The Labute approximate surface area is 148 Å². The molecular weight excluding hydrogens is 306 g/mol. The average molecular weight is 344 g/mol. The lowest BCUT2D eigenvalue weighted by Gasteiger charge is -2.32. The Morgan fingerprint density at radius 2 is 1.79 bits per heavy atom. The van der Waals surface area contributed by atoms with Gasteiger partial charge in [-0.3, -0.25) is 0 Å². The summed E-state index contributed by atoms with van der Waals surface area (Å²) in [6.07, 6.45) is 7.08. The van der Waals surface area contributed by atoms with Gasteiger partial charge in [-0.25, -0.2) is 0 Å². The van der Waals surface area contributed by atoms with Crippen molar-refractivity contribution >= 4 is 0 Å². The van der Waals surface area contributed by atoms with Gasteiger partial charge in [0.15, 0.2) is 0 Å². The van der Waals surface area contributed by atoms with Crippen molar-refractivity contribution in [3.8, 4) is 0 Å². The van der Waals surface area contributed by atoms with E-state index in [1.54, 1.807) is 7.11 Å². The third-order valence-corrected chi connectivity index (χ3v) is 3.86. The van der Waals surface area contributed by atoms with E-state index in [0.717, 1.165) is 25.9 Å². The van der Waals surface area contributed by atoms with E-state index in [9.17, 15) is 0 Å². The molecule has 3 unspecified atom stereocenters. The zero-order chi connectivity index (χ0) is 18.0. The van der Waals surface area contributed by atoms with Crippen LogP contribution < -0.4 is 5.32 Å². The van der Waals surface area contributed by atoms with Crippen LogP contribution in [0.2, 0.25) is 0 Å². The monoisotopic (exact) mass is 343 g/mol. The Morgan fingerprint density at radius 3 is 2.38 bits per heavy atom. The second kappa shape index (κ2) is 11.2. The van der Waals surface area contributed by atoms with Gasteiger partial charge in [-0.1, -0.05) is 12.2 Å². The molecule has 0 aromatic heterocycles. The molecule has 0 amide bonds. The lowest BCUT2D eigenvalue weighted by atomic mass is 10.0. The fraction of sp³-hybridized carbons (Fsp3) is 0.895. The highest BCUT2D eigenvalue weighted by Crippen LogP contribution is 2.22. The molecule has 1 rings (SSSR count). The van der Waals surface area contributed by atoms with Gasteiger partial charge in [0.05, 0.1) is 43.2 Å². The lowest BCUT2D eigenvalue weighted by Crippen LogP contribution is -2.37. The Hall–Kier alpha value is -0.460. The van der Waals surface area contributed by atoms with E-state index in [0.29, 0.717) is 13.2 Å². The number of hydrogen-bond acceptors (Lipinski definition) is 5. The maximum atomic E-state index is 6.15. The predicted molar refractivity (Wildman–Crippen MR) is 97.5 cm³/mol. The summed E-state index contributed by atoms with van der Waals surface area (Å²) in [4.78, 5) is 0. The van der Waals surface area contributed by atoms with Crippen molar-refractivity contribution in [2.45, 2.75) is 77.5 Å². The van der Waals surface area contributed by atoms with Crippen molar-refractivity contribution < 1.29 is 18.9 Å². The summed E-state index contributed by atoms with van der Waals surface area (Å²) < 4.78 is 22.9.